The molecule has 13 heteroatoms. The van der Waals surface area contributed by atoms with Crippen molar-refractivity contribution in [1.29, 1.82) is 0 Å². The van der Waals surface area contributed by atoms with Crippen LogP contribution in [0, 0.1) is 0 Å². The number of hydrogen-bond acceptors (Lipinski definition) is 5. The number of rotatable bonds is 5. The quantitative estimate of drug-likeness (QED) is 0.259. The fraction of sp³-hybridized carbons (Fsp3) is 0.0455. The molecule has 0 bridgehead atoms. The Bertz CT molecular complexity index is 1430. The maximum Gasteiger partial charge on any atom is 0.416 e. The third kappa shape index (κ3) is 5.39. The molecule has 4 rings (SSSR count). The van der Waals surface area contributed by atoms with Crippen LogP contribution < -0.4 is 20.7 Å². The number of carbonyl (C=O) groups excluding carboxylic acids is 1. The van der Waals surface area contributed by atoms with Crippen molar-refractivity contribution in [3.05, 3.63) is 71.2 Å². The highest BCUT2D eigenvalue weighted by atomic mass is 35.5. The predicted molar refractivity (Wildman–Crippen MR) is 126 cm³/mol. The zero-order valence-electron chi connectivity index (χ0n) is 17.3. The minimum atomic E-state index is -4.63. The fourth-order valence-electron chi connectivity index (χ4n) is 3.16. The fourth-order valence-corrected chi connectivity index (χ4v) is 4.24. The lowest BCUT2D eigenvalue weighted by Crippen LogP contribution is -2.31. The predicted octanol–water partition coefficient (Wildman–Crippen LogP) is 7.07. The van der Waals surface area contributed by atoms with Crippen molar-refractivity contribution in [3.8, 4) is 11.5 Å². The van der Waals surface area contributed by atoms with Crippen LogP contribution in [0.1, 0.15) is 5.56 Å². The maximum atomic E-state index is 13.2. The van der Waals surface area contributed by atoms with E-state index in [1.54, 1.807) is 18.2 Å². The van der Waals surface area contributed by atoms with Gasteiger partial charge in [0.1, 0.15) is 11.5 Å². The minimum Gasteiger partial charge on any atom is -0.465 e. The number of ether oxygens (including phenoxy) is 1. The topological polar surface area (TPSA) is 118 Å². The smallest absolute Gasteiger partial charge is 0.416 e. The summed E-state index contributed by atoms with van der Waals surface area (Å²) in [6.07, 6.45) is -5.86. The van der Waals surface area contributed by atoms with Gasteiger partial charge in [-0.15, -0.1) is 0 Å². The molecule has 0 radical (unpaired) electrons. The van der Waals surface area contributed by atoms with Crippen molar-refractivity contribution >= 4 is 61.8 Å². The number of carbonyl (C=O) groups is 2. The standard InChI is InChI=1S/C22H14ClF3N4O4S/c23-15-7-1-11(22(24,25)26)9-17(15)30(19(27)31)12-2-4-13(5-3-12)34-14-6-8-16-18(10-14)35-20(28-16)29-21(32)33/h1-10H,(H2,27,31)(H,28,29)(H,32,33). The number of alkyl halides is 3. The molecule has 0 aliphatic rings. The van der Waals surface area contributed by atoms with E-state index in [1.807, 2.05) is 0 Å². The molecule has 3 amide bonds. The summed E-state index contributed by atoms with van der Waals surface area (Å²) in [5.41, 5.74) is 5.00. The molecule has 4 N–H and O–H groups in total. The highest BCUT2D eigenvalue weighted by Crippen LogP contribution is 2.39. The number of fused-ring (bicyclic) bond motifs is 1. The summed E-state index contributed by atoms with van der Waals surface area (Å²) in [5.74, 6) is 0.796. The Labute approximate surface area is 204 Å². The molecule has 35 heavy (non-hydrogen) atoms. The summed E-state index contributed by atoms with van der Waals surface area (Å²) < 4.78 is 45.9. The van der Waals surface area contributed by atoms with Crippen molar-refractivity contribution in [2.75, 3.05) is 10.2 Å². The molecule has 0 aliphatic heterocycles. The number of halogens is 4. The van der Waals surface area contributed by atoms with Gasteiger partial charge in [0.15, 0.2) is 5.13 Å². The van der Waals surface area contributed by atoms with E-state index in [0.717, 1.165) is 34.4 Å². The Balaban J connectivity index is 1.59. The van der Waals surface area contributed by atoms with Gasteiger partial charge in [-0.1, -0.05) is 22.9 Å². The van der Waals surface area contributed by atoms with Crippen molar-refractivity contribution in [2.45, 2.75) is 6.18 Å². The molecule has 0 atom stereocenters. The van der Waals surface area contributed by atoms with E-state index in [-0.39, 0.29) is 21.5 Å². The second-order valence-corrected chi connectivity index (χ2v) is 8.45. The normalized spacial score (nSPS) is 11.3. The van der Waals surface area contributed by atoms with E-state index in [1.165, 1.54) is 24.3 Å². The summed E-state index contributed by atoms with van der Waals surface area (Å²) in [4.78, 5) is 27.9. The summed E-state index contributed by atoms with van der Waals surface area (Å²) in [6.45, 7) is 0. The number of hydrogen-bond donors (Lipinski definition) is 3. The first-order valence-electron chi connectivity index (χ1n) is 9.66. The lowest BCUT2D eigenvalue weighted by atomic mass is 10.1. The van der Waals surface area contributed by atoms with Gasteiger partial charge in [-0.3, -0.25) is 10.2 Å². The zero-order chi connectivity index (χ0) is 25.3. The molecule has 180 valence electrons. The van der Waals surface area contributed by atoms with Gasteiger partial charge >= 0.3 is 18.3 Å². The Morgan fingerprint density at radius 1 is 1.06 bits per heavy atom. The van der Waals surface area contributed by atoms with Crippen molar-refractivity contribution < 1.29 is 32.6 Å². The monoisotopic (exact) mass is 522 g/mol. The number of nitrogens with two attached hydrogens (primary N) is 1. The molecule has 0 unspecified atom stereocenters. The molecule has 8 nitrogen and oxygen atoms in total. The number of anilines is 3. The number of urea groups is 1. The van der Waals surface area contributed by atoms with E-state index >= 15 is 0 Å². The van der Waals surface area contributed by atoms with Gasteiger partial charge in [0.2, 0.25) is 0 Å². The van der Waals surface area contributed by atoms with Gasteiger partial charge in [-0.05, 0) is 54.6 Å². The molecule has 0 saturated heterocycles. The summed E-state index contributed by atoms with van der Waals surface area (Å²) in [6, 6.07) is 12.4. The number of aromatic nitrogens is 1. The maximum absolute atomic E-state index is 13.2. The third-order valence-corrected chi connectivity index (χ3v) is 5.89. The first-order chi connectivity index (χ1) is 16.5. The average Bonchev–Trinajstić information content (AvgIpc) is 3.16. The van der Waals surface area contributed by atoms with Crippen LogP contribution in [0.4, 0.5) is 39.3 Å². The number of carboxylic acid groups (broad SMARTS) is 1. The van der Waals surface area contributed by atoms with Gasteiger partial charge in [0.05, 0.1) is 32.2 Å². The Hall–Kier alpha value is -4.03. The van der Waals surface area contributed by atoms with Crippen LogP contribution in [0.2, 0.25) is 5.02 Å². The lowest BCUT2D eigenvalue weighted by molar-refractivity contribution is -0.137. The van der Waals surface area contributed by atoms with Crippen LogP contribution in [0.15, 0.2) is 60.7 Å². The van der Waals surface area contributed by atoms with Gasteiger partial charge in [0.25, 0.3) is 0 Å². The van der Waals surface area contributed by atoms with Crippen molar-refractivity contribution in [1.82, 2.24) is 4.98 Å². The van der Waals surface area contributed by atoms with Gasteiger partial charge in [-0.2, -0.15) is 13.2 Å². The van der Waals surface area contributed by atoms with Crippen LogP contribution in [0.5, 0.6) is 11.5 Å². The van der Waals surface area contributed by atoms with E-state index in [9.17, 15) is 22.8 Å². The van der Waals surface area contributed by atoms with Gasteiger partial charge in [-0.25, -0.2) is 14.6 Å². The number of primary amides is 1. The average molecular weight is 523 g/mol. The molecule has 0 saturated carbocycles. The van der Waals surface area contributed by atoms with Gasteiger partial charge in [0, 0.05) is 6.07 Å². The van der Waals surface area contributed by atoms with E-state index < -0.39 is 23.9 Å². The molecule has 0 spiro atoms. The number of benzene rings is 3. The van der Waals surface area contributed by atoms with E-state index in [2.05, 4.69) is 10.3 Å². The van der Waals surface area contributed by atoms with Crippen LogP contribution in [-0.4, -0.2) is 22.2 Å². The Kier molecular flexibility index (Phi) is 6.41. The number of thiazole rings is 1. The molecule has 0 aliphatic carbocycles. The lowest BCUT2D eigenvalue weighted by Gasteiger charge is -2.23. The summed E-state index contributed by atoms with van der Waals surface area (Å²) in [5, 5.41) is 11.1. The van der Waals surface area contributed by atoms with Crippen molar-refractivity contribution in [2.24, 2.45) is 5.73 Å². The number of nitrogens with one attached hydrogen (secondary N) is 1. The number of amides is 3. The highest BCUT2D eigenvalue weighted by molar-refractivity contribution is 7.22. The molecule has 1 heterocycles. The second-order valence-electron chi connectivity index (χ2n) is 7.01. The SMILES string of the molecule is NC(=O)N(c1ccc(Oc2ccc3nc(NC(=O)O)sc3c2)cc1)c1cc(C(F)(F)F)ccc1Cl. The van der Waals surface area contributed by atoms with E-state index in [0.29, 0.717) is 21.7 Å². The molecular formula is C22H14ClF3N4O4S. The Morgan fingerprint density at radius 2 is 1.74 bits per heavy atom. The van der Waals surface area contributed by atoms with Crippen LogP contribution >= 0.6 is 22.9 Å². The third-order valence-electron chi connectivity index (χ3n) is 4.64. The Morgan fingerprint density at radius 3 is 2.37 bits per heavy atom. The van der Waals surface area contributed by atoms with Gasteiger partial charge < -0.3 is 15.6 Å². The molecule has 3 aromatic carbocycles. The molecule has 0 fully saturated rings. The van der Waals surface area contributed by atoms with Crippen LogP contribution in [0.25, 0.3) is 10.2 Å². The molecular weight excluding hydrogens is 509 g/mol. The highest BCUT2D eigenvalue weighted by Gasteiger charge is 2.32. The summed E-state index contributed by atoms with van der Waals surface area (Å²) >= 11 is 7.20. The second kappa shape index (κ2) is 9.31. The van der Waals surface area contributed by atoms with E-state index in [4.69, 9.17) is 27.2 Å². The first kappa shape index (κ1) is 24.1. The molecule has 1 aromatic heterocycles. The van der Waals surface area contributed by atoms with Crippen LogP contribution in [0.3, 0.4) is 0 Å². The van der Waals surface area contributed by atoms with Crippen LogP contribution in [-0.2, 0) is 6.18 Å². The molecule has 4 aromatic rings. The zero-order valence-corrected chi connectivity index (χ0v) is 18.9. The number of nitrogens with zero attached hydrogens (tertiary/aromatic N) is 2. The first-order valence-corrected chi connectivity index (χ1v) is 10.9. The largest absolute Gasteiger partial charge is 0.465 e. The minimum absolute atomic E-state index is 0.0910. The van der Waals surface area contributed by atoms with Crippen molar-refractivity contribution in [3.63, 3.8) is 0 Å². The summed E-state index contributed by atoms with van der Waals surface area (Å²) in [7, 11) is 0.